The van der Waals surface area contributed by atoms with Crippen molar-refractivity contribution in [2.75, 3.05) is 44.3 Å². The van der Waals surface area contributed by atoms with Gasteiger partial charge in [-0.3, -0.25) is 4.90 Å². The smallest absolute Gasteiger partial charge is 0.163 e. The fourth-order valence-corrected chi connectivity index (χ4v) is 4.42. The Morgan fingerprint density at radius 2 is 1.76 bits per heavy atom. The topological polar surface area (TPSA) is 59.3 Å². The first-order valence-electron chi connectivity index (χ1n) is 10.6. The first kappa shape index (κ1) is 18.5. The van der Waals surface area contributed by atoms with Crippen LogP contribution in [0.3, 0.4) is 0 Å². The largest absolute Gasteiger partial charge is 0.378 e. The average Bonchev–Trinajstić information content (AvgIpc) is 3.21. The Kier molecular flexibility index (Phi) is 5.16. The predicted molar refractivity (Wildman–Crippen MR) is 113 cm³/mol. The molecule has 0 unspecified atom stereocenters. The Hall–Kier alpha value is -2.51. The fourth-order valence-electron chi connectivity index (χ4n) is 4.42. The van der Waals surface area contributed by atoms with Crippen molar-refractivity contribution in [3.05, 3.63) is 47.9 Å². The van der Waals surface area contributed by atoms with Gasteiger partial charge in [-0.1, -0.05) is 29.8 Å². The summed E-state index contributed by atoms with van der Waals surface area (Å²) in [4.78, 5) is 14.0. The van der Waals surface area contributed by atoms with Crippen LogP contribution < -0.4 is 4.90 Å². The monoisotopic (exact) mass is 392 g/mol. The lowest BCUT2D eigenvalue weighted by Crippen LogP contribution is -2.37. The van der Waals surface area contributed by atoms with Crippen LogP contribution in [0.4, 0.5) is 5.82 Å². The summed E-state index contributed by atoms with van der Waals surface area (Å²) in [6.45, 7) is 8.57. The number of aryl methyl sites for hydroxylation is 1. The van der Waals surface area contributed by atoms with E-state index in [4.69, 9.17) is 9.84 Å². The quantitative estimate of drug-likeness (QED) is 0.681. The molecule has 0 saturated carbocycles. The van der Waals surface area contributed by atoms with Crippen molar-refractivity contribution in [1.82, 2.24) is 24.6 Å². The maximum atomic E-state index is 5.48. The van der Waals surface area contributed by atoms with Crippen LogP contribution in [-0.2, 0) is 11.3 Å². The number of hydrogen-bond donors (Lipinski definition) is 0. The molecule has 29 heavy (non-hydrogen) atoms. The van der Waals surface area contributed by atoms with Crippen LogP contribution in [0.1, 0.15) is 30.0 Å². The summed E-state index contributed by atoms with van der Waals surface area (Å²) in [5.41, 5.74) is 3.66. The zero-order chi connectivity index (χ0) is 19.6. The molecule has 3 aromatic rings. The molecule has 2 fully saturated rings. The van der Waals surface area contributed by atoms with Gasteiger partial charge in [0.05, 0.1) is 30.8 Å². The summed E-state index contributed by atoms with van der Waals surface area (Å²) in [6.07, 6.45) is 5.82. The molecular formula is C22H28N6O. The number of hydrogen-bond acceptors (Lipinski definition) is 6. The maximum absolute atomic E-state index is 5.48. The Morgan fingerprint density at radius 1 is 1.00 bits per heavy atom. The summed E-state index contributed by atoms with van der Waals surface area (Å²) in [7, 11) is 0. The number of benzene rings is 1. The number of piperidine rings is 1. The molecule has 0 bridgehead atoms. The average molecular weight is 393 g/mol. The molecule has 1 aromatic carbocycles. The van der Waals surface area contributed by atoms with Gasteiger partial charge in [0, 0.05) is 32.7 Å². The molecule has 152 valence electrons. The van der Waals surface area contributed by atoms with E-state index in [0.717, 1.165) is 75.6 Å². The number of rotatable bonds is 4. The highest BCUT2D eigenvalue weighted by molar-refractivity contribution is 5.86. The van der Waals surface area contributed by atoms with E-state index in [-0.39, 0.29) is 0 Å². The molecule has 2 aromatic heterocycles. The molecule has 2 aliphatic rings. The van der Waals surface area contributed by atoms with E-state index in [1.54, 1.807) is 6.33 Å². The number of fused-ring (bicyclic) bond motifs is 1. The third-order valence-electron chi connectivity index (χ3n) is 6.11. The third-order valence-corrected chi connectivity index (χ3v) is 6.11. The van der Waals surface area contributed by atoms with Crippen LogP contribution in [0.25, 0.3) is 11.0 Å². The third kappa shape index (κ3) is 3.84. The molecular weight excluding hydrogens is 364 g/mol. The van der Waals surface area contributed by atoms with E-state index >= 15 is 0 Å². The highest BCUT2D eigenvalue weighted by atomic mass is 16.5. The van der Waals surface area contributed by atoms with Crippen molar-refractivity contribution in [2.24, 2.45) is 0 Å². The molecule has 0 atom stereocenters. The van der Waals surface area contributed by atoms with Crippen molar-refractivity contribution in [3.8, 4) is 0 Å². The molecule has 4 heterocycles. The molecule has 7 nitrogen and oxygen atoms in total. The second-order valence-electron chi connectivity index (χ2n) is 8.12. The SMILES string of the molecule is Cc1ccc(CN2CCC(n3ncc4c(N5CCOCC5)ncnc43)CC2)cc1. The minimum atomic E-state index is 0.397. The van der Waals surface area contributed by atoms with Crippen LogP contribution >= 0.6 is 0 Å². The number of morpholine rings is 1. The summed E-state index contributed by atoms with van der Waals surface area (Å²) in [5, 5.41) is 5.78. The molecule has 0 amide bonds. The van der Waals surface area contributed by atoms with Gasteiger partial charge < -0.3 is 9.64 Å². The number of nitrogens with zero attached hydrogens (tertiary/aromatic N) is 6. The Bertz CT molecular complexity index is 955. The first-order valence-corrected chi connectivity index (χ1v) is 10.6. The highest BCUT2D eigenvalue weighted by Gasteiger charge is 2.25. The Balaban J connectivity index is 1.29. The number of ether oxygens (including phenoxy) is 1. The van der Waals surface area contributed by atoms with Gasteiger partial charge in [0.1, 0.15) is 12.1 Å². The Labute approximate surface area is 171 Å². The lowest BCUT2D eigenvalue weighted by atomic mass is 10.0. The molecule has 0 spiro atoms. The fraction of sp³-hybridized carbons (Fsp3) is 0.500. The molecule has 0 aliphatic carbocycles. The normalized spacial score (nSPS) is 19.1. The predicted octanol–water partition coefficient (Wildman–Crippen LogP) is 2.81. The molecule has 2 aliphatic heterocycles. The van der Waals surface area contributed by atoms with Gasteiger partial charge in [-0.05, 0) is 25.3 Å². The van der Waals surface area contributed by atoms with Crippen molar-refractivity contribution in [1.29, 1.82) is 0 Å². The number of likely N-dealkylation sites (tertiary alicyclic amines) is 1. The minimum absolute atomic E-state index is 0.397. The van der Waals surface area contributed by atoms with E-state index in [1.165, 1.54) is 11.1 Å². The zero-order valence-corrected chi connectivity index (χ0v) is 17.0. The maximum Gasteiger partial charge on any atom is 0.163 e. The summed E-state index contributed by atoms with van der Waals surface area (Å²) in [5.74, 6) is 0.987. The van der Waals surface area contributed by atoms with Crippen LogP contribution in [0.15, 0.2) is 36.8 Å². The van der Waals surface area contributed by atoms with E-state index in [9.17, 15) is 0 Å². The second-order valence-corrected chi connectivity index (χ2v) is 8.12. The minimum Gasteiger partial charge on any atom is -0.378 e. The molecule has 7 heteroatoms. The van der Waals surface area contributed by atoms with Crippen LogP contribution in [0, 0.1) is 6.92 Å². The number of aromatic nitrogens is 4. The molecule has 2 saturated heterocycles. The van der Waals surface area contributed by atoms with E-state index < -0.39 is 0 Å². The van der Waals surface area contributed by atoms with Crippen molar-refractivity contribution >= 4 is 16.9 Å². The molecule has 0 N–H and O–H groups in total. The first-order chi connectivity index (χ1) is 14.3. The standard InChI is InChI=1S/C22H28N6O/c1-17-2-4-18(5-3-17)15-26-8-6-19(7-9-26)28-22-20(14-25-28)21(23-16-24-22)27-10-12-29-13-11-27/h2-5,14,16,19H,6-13,15H2,1H3. The molecule has 5 rings (SSSR count). The van der Waals surface area contributed by atoms with Gasteiger partial charge >= 0.3 is 0 Å². The lowest BCUT2D eigenvalue weighted by Gasteiger charge is -2.32. The van der Waals surface area contributed by atoms with Gasteiger partial charge in [0.2, 0.25) is 0 Å². The van der Waals surface area contributed by atoms with E-state index in [2.05, 4.69) is 55.6 Å². The zero-order valence-electron chi connectivity index (χ0n) is 17.0. The summed E-state index contributed by atoms with van der Waals surface area (Å²) in [6, 6.07) is 9.28. The number of anilines is 1. The van der Waals surface area contributed by atoms with Gasteiger partial charge in [-0.25, -0.2) is 14.6 Å². The van der Waals surface area contributed by atoms with Crippen LogP contribution in [-0.4, -0.2) is 64.0 Å². The van der Waals surface area contributed by atoms with Crippen molar-refractivity contribution in [2.45, 2.75) is 32.4 Å². The van der Waals surface area contributed by atoms with Crippen LogP contribution in [0.2, 0.25) is 0 Å². The lowest BCUT2D eigenvalue weighted by molar-refractivity contribution is 0.122. The highest BCUT2D eigenvalue weighted by Crippen LogP contribution is 2.29. The summed E-state index contributed by atoms with van der Waals surface area (Å²) < 4.78 is 7.61. The van der Waals surface area contributed by atoms with Gasteiger partial charge in [0.25, 0.3) is 0 Å². The second kappa shape index (κ2) is 8.08. The van der Waals surface area contributed by atoms with Gasteiger partial charge in [-0.15, -0.1) is 0 Å². The Morgan fingerprint density at radius 3 is 2.52 bits per heavy atom. The van der Waals surface area contributed by atoms with E-state index in [0.29, 0.717) is 6.04 Å². The van der Waals surface area contributed by atoms with Gasteiger partial charge in [0.15, 0.2) is 5.65 Å². The van der Waals surface area contributed by atoms with Gasteiger partial charge in [-0.2, -0.15) is 5.10 Å². The van der Waals surface area contributed by atoms with Crippen molar-refractivity contribution < 1.29 is 4.74 Å². The van der Waals surface area contributed by atoms with Crippen molar-refractivity contribution in [3.63, 3.8) is 0 Å². The summed E-state index contributed by atoms with van der Waals surface area (Å²) >= 11 is 0. The van der Waals surface area contributed by atoms with Crippen LogP contribution in [0.5, 0.6) is 0 Å². The molecule has 0 radical (unpaired) electrons. The van der Waals surface area contributed by atoms with E-state index in [1.807, 2.05) is 6.20 Å².